The van der Waals surface area contributed by atoms with Gasteiger partial charge in [-0.1, -0.05) is 12.1 Å². The Balaban J connectivity index is 2.54. The maximum Gasteiger partial charge on any atom is 0.261 e. The highest BCUT2D eigenvalue weighted by Gasteiger charge is 2.06. The minimum Gasteiger partial charge on any atom is -0.371 e. The van der Waals surface area contributed by atoms with Gasteiger partial charge in [-0.3, -0.25) is 0 Å². The number of hydrogen-bond donors (Lipinski definition) is 1. The predicted octanol–water partition coefficient (Wildman–Crippen LogP) is 2.07. The molecule has 2 nitrogen and oxygen atoms in total. The van der Waals surface area contributed by atoms with Crippen LogP contribution in [0.3, 0.4) is 0 Å². The predicted molar refractivity (Wildman–Crippen MR) is 50.0 cm³/mol. The number of nitrogens with two attached hydrogens (primary N) is 1. The molecule has 0 aliphatic carbocycles. The lowest BCUT2D eigenvalue weighted by Gasteiger charge is -2.06. The van der Waals surface area contributed by atoms with Gasteiger partial charge in [-0.2, -0.15) is 0 Å². The molecular formula is C10H12F3NO. The molecule has 0 amide bonds. The van der Waals surface area contributed by atoms with Gasteiger partial charge >= 0.3 is 0 Å². The van der Waals surface area contributed by atoms with Gasteiger partial charge in [0.25, 0.3) is 6.43 Å². The first-order chi connectivity index (χ1) is 7.13. The number of alkyl halides is 2. The number of rotatable bonds is 5. The highest BCUT2D eigenvalue weighted by molar-refractivity contribution is 5.23. The van der Waals surface area contributed by atoms with Crippen molar-refractivity contribution in [2.45, 2.75) is 19.6 Å². The monoisotopic (exact) mass is 219 g/mol. The minimum absolute atomic E-state index is 0.152. The molecule has 2 N–H and O–H groups in total. The molecule has 1 rings (SSSR count). The fraction of sp³-hybridized carbons (Fsp3) is 0.400. The SMILES string of the molecule is NCc1ccc(COCC(F)F)c(F)c1. The third-order valence-electron chi connectivity index (χ3n) is 1.85. The van der Waals surface area contributed by atoms with Crippen molar-refractivity contribution in [2.24, 2.45) is 5.73 Å². The summed E-state index contributed by atoms with van der Waals surface area (Å²) in [5.74, 6) is -0.479. The number of ether oxygens (including phenoxy) is 1. The Morgan fingerprint density at radius 3 is 2.60 bits per heavy atom. The van der Waals surface area contributed by atoms with E-state index in [1.54, 1.807) is 6.07 Å². The number of halogens is 3. The Labute approximate surface area is 85.8 Å². The quantitative estimate of drug-likeness (QED) is 0.822. The molecule has 15 heavy (non-hydrogen) atoms. The van der Waals surface area contributed by atoms with Gasteiger partial charge in [0.1, 0.15) is 12.4 Å². The lowest BCUT2D eigenvalue weighted by molar-refractivity contribution is 0.00901. The van der Waals surface area contributed by atoms with Crippen molar-refractivity contribution in [3.05, 3.63) is 35.1 Å². The van der Waals surface area contributed by atoms with Gasteiger partial charge in [-0.25, -0.2) is 13.2 Å². The van der Waals surface area contributed by atoms with E-state index >= 15 is 0 Å². The van der Waals surface area contributed by atoms with E-state index in [4.69, 9.17) is 5.73 Å². The van der Waals surface area contributed by atoms with E-state index in [1.165, 1.54) is 12.1 Å². The van der Waals surface area contributed by atoms with Crippen LogP contribution in [0.1, 0.15) is 11.1 Å². The Hall–Kier alpha value is -1.07. The topological polar surface area (TPSA) is 35.2 Å². The molecule has 1 aromatic rings. The molecule has 0 saturated carbocycles. The fourth-order valence-electron chi connectivity index (χ4n) is 1.09. The van der Waals surface area contributed by atoms with Crippen LogP contribution in [0, 0.1) is 5.82 Å². The molecule has 0 heterocycles. The van der Waals surface area contributed by atoms with Crippen molar-refractivity contribution < 1.29 is 17.9 Å². The smallest absolute Gasteiger partial charge is 0.261 e. The van der Waals surface area contributed by atoms with Gasteiger partial charge in [0.2, 0.25) is 0 Å². The second-order valence-corrected chi connectivity index (χ2v) is 3.04. The third kappa shape index (κ3) is 3.89. The Bertz CT molecular complexity index is 318. The highest BCUT2D eigenvalue weighted by atomic mass is 19.3. The van der Waals surface area contributed by atoms with Crippen molar-refractivity contribution in [3.63, 3.8) is 0 Å². The van der Waals surface area contributed by atoms with E-state index in [9.17, 15) is 13.2 Å². The van der Waals surface area contributed by atoms with Crippen LogP contribution in [-0.2, 0) is 17.9 Å². The van der Waals surface area contributed by atoms with Gasteiger partial charge < -0.3 is 10.5 Å². The average molecular weight is 219 g/mol. The first-order valence-corrected chi connectivity index (χ1v) is 4.46. The zero-order valence-electron chi connectivity index (χ0n) is 8.05. The maximum absolute atomic E-state index is 13.2. The van der Waals surface area contributed by atoms with Gasteiger partial charge in [0.15, 0.2) is 0 Å². The van der Waals surface area contributed by atoms with E-state index in [-0.39, 0.29) is 18.7 Å². The van der Waals surface area contributed by atoms with Gasteiger partial charge in [0, 0.05) is 12.1 Å². The van der Waals surface area contributed by atoms with E-state index in [2.05, 4.69) is 4.74 Å². The number of hydrogen-bond acceptors (Lipinski definition) is 2. The number of benzene rings is 1. The molecule has 84 valence electrons. The lowest BCUT2D eigenvalue weighted by Crippen LogP contribution is -2.06. The lowest BCUT2D eigenvalue weighted by atomic mass is 10.1. The molecule has 0 bridgehead atoms. The highest BCUT2D eigenvalue weighted by Crippen LogP contribution is 2.11. The summed E-state index contributed by atoms with van der Waals surface area (Å²) in [6.45, 7) is -0.589. The standard InChI is InChI=1S/C10H12F3NO/c11-9-3-7(4-14)1-2-8(9)5-15-6-10(12)13/h1-3,10H,4-6,14H2. The van der Waals surface area contributed by atoms with Crippen LogP contribution in [0.15, 0.2) is 18.2 Å². The summed E-state index contributed by atoms with van der Waals surface area (Å²) in [6.07, 6.45) is -2.53. The summed E-state index contributed by atoms with van der Waals surface area (Å²) < 4.78 is 41.3. The van der Waals surface area contributed by atoms with Crippen LogP contribution in [-0.4, -0.2) is 13.0 Å². The Morgan fingerprint density at radius 1 is 1.33 bits per heavy atom. The molecule has 0 atom stereocenters. The van der Waals surface area contributed by atoms with Crippen LogP contribution in [0.5, 0.6) is 0 Å². The molecule has 0 radical (unpaired) electrons. The molecular weight excluding hydrogens is 207 g/mol. The Morgan fingerprint density at radius 2 is 2.07 bits per heavy atom. The second-order valence-electron chi connectivity index (χ2n) is 3.04. The Kier molecular flexibility index (Phi) is 4.58. The molecule has 0 fully saturated rings. The van der Waals surface area contributed by atoms with Gasteiger partial charge in [-0.15, -0.1) is 0 Å². The maximum atomic E-state index is 13.2. The first kappa shape index (κ1) is 12.0. The minimum atomic E-state index is -2.53. The fourth-order valence-corrected chi connectivity index (χ4v) is 1.09. The largest absolute Gasteiger partial charge is 0.371 e. The van der Waals surface area contributed by atoms with E-state index in [1.807, 2.05) is 0 Å². The summed E-state index contributed by atoms with van der Waals surface area (Å²) in [7, 11) is 0. The summed E-state index contributed by atoms with van der Waals surface area (Å²) in [5, 5.41) is 0. The van der Waals surface area contributed by atoms with Crippen molar-refractivity contribution in [2.75, 3.05) is 6.61 Å². The first-order valence-electron chi connectivity index (χ1n) is 4.46. The average Bonchev–Trinajstić information content (AvgIpc) is 2.20. The van der Waals surface area contributed by atoms with E-state index < -0.39 is 18.8 Å². The zero-order chi connectivity index (χ0) is 11.3. The molecule has 5 heteroatoms. The van der Waals surface area contributed by atoms with Crippen LogP contribution in [0.2, 0.25) is 0 Å². The molecule has 0 spiro atoms. The summed E-state index contributed by atoms with van der Waals surface area (Å²) in [6, 6.07) is 4.41. The van der Waals surface area contributed by atoms with E-state index in [0.717, 1.165) is 0 Å². The second kappa shape index (κ2) is 5.72. The molecule has 1 aromatic carbocycles. The van der Waals surface area contributed by atoms with Crippen LogP contribution in [0.4, 0.5) is 13.2 Å². The molecule has 0 saturated heterocycles. The molecule has 0 aromatic heterocycles. The van der Waals surface area contributed by atoms with Crippen molar-refractivity contribution in [1.82, 2.24) is 0 Å². The summed E-state index contributed by atoms with van der Waals surface area (Å²) >= 11 is 0. The van der Waals surface area contributed by atoms with Crippen molar-refractivity contribution in [1.29, 1.82) is 0 Å². The van der Waals surface area contributed by atoms with Gasteiger partial charge in [-0.05, 0) is 11.6 Å². The van der Waals surface area contributed by atoms with Crippen LogP contribution >= 0.6 is 0 Å². The molecule has 0 aliphatic heterocycles. The van der Waals surface area contributed by atoms with Crippen LogP contribution in [0.25, 0.3) is 0 Å². The third-order valence-corrected chi connectivity index (χ3v) is 1.85. The summed E-state index contributed by atoms with van der Waals surface area (Å²) in [4.78, 5) is 0. The van der Waals surface area contributed by atoms with Crippen molar-refractivity contribution >= 4 is 0 Å². The normalized spacial score (nSPS) is 11.0. The van der Waals surface area contributed by atoms with Gasteiger partial charge in [0.05, 0.1) is 6.61 Å². The molecule has 0 unspecified atom stereocenters. The van der Waals surface area contributed by atoms with Crippen molar-refractivity contribution in [3.8, 4) is 0 Å². The molecule has 0 aliphatic rings. The van der Waals surface area contributed by atoms with Crippen LogP contribution < -0.4 is 5.73 Å². The summed E-state index contributed by atoms with van der Waals surface area (Å²) in [5.41, 5.74) is 6.23. The van der Waals surface area contributed by atoms with E-state index in [0.29, 0.717) is 5.56 Å². The zero-order valence-corrected chi connectivity index (χ0v) is 8.05.